The minimum atomic E-state index is 0.556. The van der Waals surface area contributed by atoms with Crippen LogP contribution in [0.5, 0.6) is 0 Å². The van der Waals surface area contributed by atoms with Gasteiger partial charge in [-0.3, -0.25) is 4.57 Å². The van der Waals surface area contributed by atoms with Crippen LogP contribution >= 0.6 is 11.8 Å². The van der Waals surface area contributed by atoms with Crippen LogP contribution in [0.1, 0.15) is 13.3 Å². The molecule has 0 aliphatic rings. The van der Waals surface area contributed by atoms with Crippen molar-refractivity contribution in [1.29, 1.82) is 0 Å². The molecule has 2 aromatic rings. The van der Waals surface area contributed by atoms with E-state index in [2.05, 4.69) is 36.8 Å². The van der Waals surface area contributed by atoms with Gasteiger partial charge in [0, 0.05) is 25.5 Å². The van der Waals surface area contributed by atoms with Crippen LogP contribution in [0.4, 0.5) is 11.9 Å². The first-order chi connectivity index (χ1) is 9.83. The fraction of sp³-hybridized carbons (Fsp3) is 0.500. The van der Waals surface area contributed by atoms with Gasteiger partial charge < -0.3 is 10.6 Å². The van der Waals surface area contributed by atoms with Crippen molar-refractivity contribution in [3.05, 3.63) is 18.7 Å². The van der Waals surface area contributed by atoms with Gasteiger partial charge in [0.1, 0.15) is 6.33 Å². The van der Waals surface area contributed by atoms with Crippen molar-refractivity contribution in [3.63, 3.8) is 0 Å². The molecule has 0 aromatic carbocycles. The first-order valence-corrected chi connectivity index (χ1v) is 7.94. The van der Waals surface area contributed by atoms with Crippen molar-refractivity contribution in [2.45, 2.75) is 13.3 Å². The highest BCUT2D eigenvalue weighted by Crippen LogP contribution is 2.09. The maximum Gasteiger partial charge on any atom is 0.241 e. The molecular formula is C12H19N7S. The van der Waals surface area contributed by atoms with Crippen LogP contribution in [-0.4, -0.2) is 49.6 Å². The fourth-order valence-electron chi connectivity index (χ4n) is 1.59. The van der Waals surface area contributed by atoms with E-state index in [0.717, 1.165) is 25.3 Å². The molecule has 0 aliphatic carbocycles. The van der Waals surface area contributed by atoms with Crippen LogP contribution in [0.25, 0.3) is 5.95 Å². The summed E-state index contributed by atoms with van der Waals surface area (Å²) in [6.45, 7) is 3.62. The van der Waals surface area contributed by atoms with Gasteiger partial charge in [0.2, 0.25) is 17.8 Å². The zero-order valence-corrected chi connectivity index (χ0v) is 12.5. The number of nitrogens with one attached hydrogen (secondary N) is 2. The second-order valence-electron chi connectivity index (χ2n) is 4.06. The van der Waals surface area contributed by atoms with E-state index >= 15 is 0 Å². The number of anilines is 2. The van der Waals surface area contributed by atoms with E-state index in [0.29, 0.717) is 17.8 Å². The molecule has 20 heavy (non-hydrogen) atoms. The minimum absolute atomic E-state index is 0.556. The Balaban J connectivity index is 2.13. The third-order valence-corrected chi connectivity index (χ3v) is 3.20. The smallest absolute Gasteiger partial charge is 0.241 e. The molecule has 108 valence electrons. The highest BCUT2D eigenvalue weighted by atomic mass is 32.2. The van der Waals surface area contributed by atoms with E-state index in [1.54, 1.807) is 17.1 Å². The fourth-order valence-corrected chi connectivity index (χ4v) is 2.02. The number of hydrogen-bond acceptors (Lipinski definition) is 7. The van der Waals surface area contributed by atoms with Crippen LogP contribution in [0.3, 0.4) is 0 Å². The van der Waals surface area contributed by atoms with Gasteiger partial charge in [-0.2, -0.15) is 26.7 Å². The van der Waals surface area contributed by atoms with Crippen LogP contribution in [0, 0.1) is 0 Å². The molecule has 0 atom stereocenters. The lowest BCUT2D eigenvalue weighted by Gasteiger charge is -2.09. The molecule has 2 N–H and O–H groups in total. The van der Waals surface area contributed by atoms with Crippen molar-refractivity contribution < 1.29 is 0 Å². The van der Waals surface area contributed by atoms with E-state index < -0.39 is 0 Å². The van der Waals surface area contributed by atoms with Crippen LogP contribution in [-0.2, 0) is 0 Å². The SMILES string of the molecule is CCNc1nc(NCCCSC)nc(-n2ccnc2)n1. The Bertz CT molecular complexity index is 515. The Kier molecular flexibility index (Phi) is 5.60. The summed E-state index contributed by atoms with van der Waals surface area (Å²) in [6, 6.07) is 0. The number of thioether (sulfide) groups is 1. The summed E-state index contributed by atoms with van der Waals surface area (Å²) in [5.41, 5.74) is 0. The van der Waals surface area contributed by atoms with Crippen molar-refractivity contribution in [2.24, 2.45) is 0 Å². The average Bonchev–Trinajstić information content (AvgIpc) is 2.98. The van der Waals surface area contributed by atoms with Gasteiger partial charge in [-0.15, -0.1) is 0 Å². The van der Waals surface area contributed by atoms with E-state index in [-0.39, 0.29) is 0 Å². The maximum atomic E-state index is 4.40. The molecule has 0 aliphatic heterocycles. The molecule has 0 radical (unpaired) electrons. The van der Waals surface area contributed by atoms with Gasteiger partial charge in [0.05, 0.1) is 0 Å². The normalized spacial score (nSPS) is 10.5. The molecule has 0 spiro atoms. The molecule has 0 amide bonds. The van der Waals surface area contributed by atoms with E-state index in [1.807, 2.05) is 24.9 Å². The molecule has 2 aromatic heterocycles. The summed E-state index contributed by atoms with van der Waals surface area (Å²) >= 11 is 1.83. The predicted octanol–water partition coefficient (Wildman–Crippen LogP) is 1.65. The predicted molar refractivity (Wildman–Crippen MR) is 82.6 cm³/mol. The Morgan fingerprint density at radius 3 is 2.65 bits per heavy atom. The zero-order valence-electron chi connectivity index (χ0n) is 11.7. The second-order valence-corrected chi connectivity index (χ2v) is 5.04. The van der Waals surface area contributed by atoms with Gasteiger partial charge in [0.25, 0.3) is 0 Å². The lowest BCUT2D eigenvalue weighted by atomic mass is 10.5. The Hall–Kier alpha value is -1.83. The largest absolute Gasteiger partial charge is 0.354 e. The molecule has 7 nitrogen and oxygen atoms in total. The summed E-state index contributed by atoms with van der Waals surface area (Å²) in [4.78, 5) is 17.1. The topological polar surface area (TPSA) is 80.5 Å². The number of imidazole rings is 1. The molecular weight excluding hydrogens is 274 g/mol. The van der Waals surface area contributed by atoms with E-state index in [9.17, 15) is 0 Å². The minimum Gasteiger partial charge on any atom is -0.354 e. The highest BCUT2D eigenvalue weighted by molar-refractivity contribution is 7.98. The standard InChI is InChI=1S/C12H19N7S/c1-3-14-10-16-11(15-5-4-8-20-2)18-12(17-10)19-7-6-13-9-19/h6-7,9H,3-5,8H2,1-2H3,(H2,14,15,16,17,18). The van der Waals surface area contributed by atoms with Crippen molar-refractivity contribution in [1.82, 2.24) is 24.5 Å². The lowest BCUT2D eigenvalue weighted by Crippen LogP contribution is -2.13. The van der Waals surface area contributed by atoms with E-state index in [1.165, 1.54) is 0 Å². The van der Waals surface area contributed by atoms with Crippen LogP contribution in [0.15, 0.2) is 18.7 Å². The van der Waals surface area contributed by atoms with Crippen molar-refractivity contribution >= 4 is 23.7 Å². The third-order valence-electron chi connectivity index (χ3n) is 2.50. The quantitative estimate of drug-likeness (QED) is 0.716. The van der Waals surface area contributed by atoms with Gasteiger partial charge in [0.15, 0.2) is 0 Å². The summed E-state index contributed by atoms with van der Waals surface area (Å²) in [5, 5.41) is 6.34. The summed E-state index contributed by atoms with van der Waals surface area (Å²) < 4.78 is 1.76. The first kappa shape index (κ1) is 14.6. The molecule has 2 rings (SSSR count). The Morgan fingerprint density at radius 2 is 2.00 bits per heavy atom. The molecule has 0 unspecified atom stereocenters. The zero-order chi connectivity index (χ0) is 14.2. The van der Waals surface area contributed by atoms with Gasteiger partial charge in [-0.25, -0.2) is 4.98 Å². The number of aromatic nitrogens is 5. The van der Waals surface area contributed by atoms with Crippen molar-refractivity contribution in [3.8, 4) is 5.95 Å². The number of nitrogens with zero attached hydrogens (tertiary/aromatic N) is 5. The number of rotatable bonds is 8. The molecule has 0 bridgehead atoms. The molecule has 0 saturated heterocycles. The average molecular weight is 293 g/mol. The van der Waals surface area contributed by atoms with E-state index in [4.69, 9.17) is 0 Å². The third kappa shape index (κ3) is 4.09. The molecule has 0 fully saturated rings. The molecule has 2 heterocycles. The monoisotopic (exact) mass is 293 g/mol. The second kappa shape index (κ2) is 7.68. The van der Waals surface area contributed by atoms with Gasteiger partial charge in [-0.05, 0) is 25.4 Å². The van der Waals surface area contributed by atoms with Crippen LogP contribution in [0.2, 0.25) is 0 Å². The maximum absolute atomic E-state index is 4.40. The highest BCUT2D eigenvalue weighted by Gasteiger charge is 2.07. The summed E-state index contributed by atoms with van der Waals surface area (Å²) in [5.74, 6) is 2.83. The summed E-state index contributed by atoms with van der Waals surface area (Å²) in [6.07, 6.45) is 8.35. The first-order valence-electron chi connectivity index (χ1n) is 6.54. The Morgan fingerprint density at radius 1 is 1.20 bits per heavy atom. The Labute approximate surface area is 122 Å². The molecule has 8 heteroatoms. The molecule has 0 saturated carbocycles. The van der Waals surface area contributed by atoms with Gasteiger partial charge >= 0.3 is 0 Å². The van der Waals surface area contributed by atoms with Crippen molar-refractivity contribution in [2.75, 3.05) is 35.7 Å². The van der Waals surface area contributed by atoms with Gasteiger partial charge in [-0.1, -0.05) is 0 Å². The lowest BCUT2D eigenvalue weighted by molar-refractivity contribution is 0.878. The van der Waals surface area contributed by atoms with Crippen LogP contribution < -0.4 is 10.6 Å². The number of hydrogen-bond donors (Lipinski definition) is 2. The summed E-state index contributed by atoms with van der Waals surface area (Å²) in [7, 11) is 0.